The SMILES string of the molecule is C\C=C/C(=C\C(=C\CC)C(=O)OC)c1nn(-c2ccccc2)c(NC)c1C. The van der Waals surface area contributed by atoms with Crippen LogP contribution < -0.4 is 5.32 Å². The molecule has 2 aromatic rings. The minimum absolute atomic E-state index is 0.354. The van der Waals surface area contributed by atoms with Gasteiger partial charge in [0.1, 0.15) is 5.82 Å². The van der Waals surface area contributed by atoms with Crippen LogP contribution in [0.25, 0.3) is 11.3 Å². The lowest BCUT2D eigenvalue weighted by Crippen LogP contribution is -2.04. The van der Waals surface area contributed by atoms with Crippen LogP contribution in [0, 0.1) is 6.92 Å². The highest BCUT2D eigenvalue weighted by Crippen LogP contribution is 2.29. The maximum absolute atomic E-state index is 12.1. The van der Waals surface area contributed by atoms with Gasteiger partial charge in [-0.25, -0.2) is 9.48 Å². The minimum atomic E-state index is -0.354. The quantitative estimate of drug-likeness (QED) is 0.439. The average molecular weight is 365 g/mol. The molecule has 0 aliphatic rings. The summed E-state index contributed by atoms with van der Waals surface area (Å²) in [5, 5.41) is 8.06. The number of hydrogen-bond donors (Lipinski definition) is 1. The number of ether oxygens (including phenoxy) is 1. The first-order chi connectivity index (χ1) is 13.1. The van der Waals surface area contributed by atoms with Gasteiger partial charge in [-0.05, 0) is 38.5 Å². The van der Waals surface area contributed by atoms with Crippen LogP contribution in [0.5, 0.6) is 0 Å². The third-order valence-corrected chi connectivity index (χ3v) is 4.14. The van der Waals surface area contributed by atoms with Crippen molar-refractivity contribution < 1.29 is 9.53 Å². The second kappa shape index (κ2) is 9.57. The van der Waals surface area contributed by atoms with Gasteiger partial charge in [0.15, 0.2) is 0 Å². The second-order valence-electron chi connectivity index (χ2n) is 5.98. The first kappa shape index (κ1) is 20.2. The first-order valence-electron chi connectivity index (χ1n) is 9.03. The normalized spacial score (nSPS) is 12.5. The van der Waals surface area contributed by atoms with Crippen LogP contribution in [0.4, 0.5) is 5.82 Å². The molecule has 5 heteroatoms. The molecule has 2 rings (SSSR count). The fourth-order valence-corrected chi connectivity index (χ4v) is 2.90. The number of aromatic nitrogens is 2. The third kappa shape index (κ3) is 4.56. The lowest BCUT2D eigenvalue weighted by molar-refractivity contribution is -0.135. The predicted octanol–water partition coefficient (Wildman–Crippen LogP) is 4.69. The molecule has 1 aromatic heterocycles. The zero-order chi connectivity index (χ0) is 19.8. The van der Waals surface area contributed by atoms with Gasteiger partial charge in [0.05, 0.1) is 24.1 Å². The molecule has 0 atom stereocenters. The van der Waals surface area contributed by atoms with Crippen molar-refractivity contribution in [2.24, 2.45) is 0 Å². The van der Waals surface area contributed by atoms with Crippen molar-refractivity contribution in [1.29, 1.82) is 0 Å². The summed E-state index contributed by atoms with van der Waals surface area (Å²) in [6.45, 7) is 5.95. The summed E-state index contributed by atoms with van der Waals surface area (Å²) >= 11 is 0. The smallest absolute Gasteiger partial charge is 0.337 e. The zero-order valence-electron chi connectivity index (χ0n) is 16.6. The van der Waals surface area contributed by atoms with Gasteiger partial charge < -0.3 is 10.1 Å². The van der Waals surface area contributed by atoms with E-state index < -0.39 is 0 Å². The molecule has 0 amide bonds. The van der Waals surface area contributed by atoms with Gasteiger partial charge in [0, 0.05) is 18.2 Å². The molecule has 1 heterocycles. The monoisotopic (exact) mass is 365 g/mol. The topological polar surface area (TPSA) is 56.1 Å². The van der Waals surface area contributed by atoms with E-state index in [2.05, 4.69) is 5.32 Å². The molecular weight excluding hydrogens is 338 g/mol. The summed E-state index contributed by atoms with van der Waals surface area (Å²) in [6, 6.07) is 9.95. The summed E-state index contributed by atoms with van der Waals surface area (Å²) in [6.07, 6.45) is 8.32. The van der Waals surface area contributed by atoms with E-state index in [1.54, 1.807) is 0 Å². The number of carbonyl (C=O) groups excluding carboxylic acids is 1. The number of carbonyl (C=O) groups is 1. The first-order valence-corrected chi connectivity index (χ1v) is 9.03. The highest BCUT2D eigenvalue weighted by atomic mass is 16.5. The molecule has 5 nitrogen and oxygen atoms in total. The summed E-state index contributed by atoms with van der Waals surface area (Å²) in [5.41, 5.74) is 4.16. The standard InChI is InChI=1S/C22H27N3O2/c1-6-11-17(15-18(12-7-2)22(26)27-5)20-16(3)21(23-4)25(24-20)19-13-9-8-10-14-19/h6,8-15,23H,7H2,1-5H3/b11-6-,17-15+,18-12-. The molecule has 0 unspecified atom stereocenters. The Balaban J connectivity index is 2.65. The van der Waals surface area contributed by atoms with E-state index in [9.17, 15) is 4.79 Å². The third-order valence-electron chi connectivity index (χ3n) is 4.14. The van der Waals surface area contributed by atoms with E-state index in [1.165, 1.54) is 7.11 Å². The summed E-state index contributed by atoms with van der Waals surface area (Å²) in [4.78, 5) is 12.1. The number of rotatable bonds is 7. The Hall–Kier alpha value is -3.08. The summed E-state index contributed by atoms with van der Waals surface area (Å²) in [5.74, 6) is 0.554. The molecule has 142 valence electrons. The van der Waals surface area contributed by atoms with Crippen molar-refractivity contribution >= 4 is 17.4 Å². The van der Waals surface area contributed by atoms with E-state index in [1.807, 2.05) is 87.1 Å². The van der Waals surface area contributed by atoms with Crippen LogP contribution in [-0.4, -0.2) is 29.9 Å². The molecule has 27 heavy (non-hydrogen) atoms. The maximum atomic E-state index is 12.1. The Morgan fingerprint density at radius 1 is 1.30 bits per heavy atom. The molecule has 0 saturated heterocycles. The Bertz CT molecular complexity index is 874. The molecule has 1 N–H and O–H groups in total. The van der Waals surface area contributed by atoms with Gasteiger partial charge in [-0.1, -0.05) is 43.4 Å². The fourth-order valence-electron chi connectivity index (χ4n) is 2.90. The van der Waals surface area contributed by atoms with Gasteiger partial charge in [0.25, 0.3) is 0 Å². The second-order valence-corrected chi connectivity index (χ2v) is 5.98. The van der Waals surface area contributed by atoms with Crippen LogP contribution in [0.15, 0.2) is 60.2 Å². The predicted molar refractivity (Wildman–Crippen MR) is 111 cm³/mol. The summed E-state index contributed by atoms with van der Waals surface area (Å²) < 4.78 is 6.79. The van der Waals surface area contributed by atoms with Crippen LogP contribution in [0.3, 0.4) is 0 Å². The van der Waals surface area contributed by atoms with Crippen molar-refractivity contribution in [1.82, 2.24) is 9.78 Å². The molecule has 0 aliphatic heterocycles. The Kier molecular flexibility index (Phi) is 7.17. The largest absolute Gasteiger partial charge is 0.465 e. The van der Waals surface area contributed by atoms with Gasteiger partial charge in [-0.15, -0.1) is 0 Å². The Labute approximate surface area is 161 Å². The molecule has 0 spiro atoms. The molecule has 0 bridgehead atoms. The van der Waals surface area contributed by atoms with E-state index in [4.69, 9.17) is 9.84 Å². The number of hydrogen-bond acceptors (Lipinski definition) is 4. The molecular formula is C22H27N3O2. The van der Waals surface area contributed by atoms with Crippen molar-refractivity contribution in [3.8, 4) is 5.69 Å². The lowest BCUT2D eigenvalue weighted by Gasteiger charge is -2.06. The van der Waals surface area contributed by atoms with E-state index in [-0.39, 0.29) is 5.97 Å². The minimum Gasteiger partial charge on any atom is -0.465 e. The van der Waals surface area contributed by atoms with Crippen LogP contribution in [0.2, 0.25) is 0 Å². The molecule has 1 aromatic carbocycles. The zero-order valence-corrected chi connectivity index (χ0v) is 16.6. The number of methoxy groups -OCH3 is 1. The van der Waals surface area contributed by atoms with Gasteiger partial charge in [0.2, 0.25) is 0 Å². The molecule has 0 fully saturated rings. The van der Waals surface area contributed by atoms with Crippen LogP contribution in [-0.2, 0) is 9.53 Å². The van der Waals surface area contributed by atoms with Crippen LogP contribution >= 0.6 is 0 Å². The maximum Gasteiger partial charge on any atom is 0.337 e. The Morgan fingerprint density at radius 2 is 2.00 bits per heavy atom. The summed E-state index contributed by atoms with van der Waals surface area (Å²) in [7, 11) is 3.27. The molecule has 0 radical (unpaired) electrons. The van der Waals surface area contributed by atoms with Crippen molar-refractivity contribution in [2.45, 2.75) is 27.2 Å². The number of benzene rings is 1. The van der Waals surface area contributed by atoms with Gasteiger partial charge in [-0.2, -0.15) is 5.10 Å². The van der Waals surface area contributed by atoms with Gasteiger partial charge in [-0.3, -0.25) is 0 Å². The molecule has 0 aliphatic carbocycles. The highest BCUT2D eigenvalue weighted by Gasteiger charge is 2.18. The highest BCUT2D eigenvalue weighted by molar-refractivity contribution is 5.95. The Morgan fingerprint density at radius 3 is 2.56 bits per heavy atom. The fraction of sp³-hybridized carbons (Fsp3) is 0.273. The number of nitrogens with zero attached hydrogens (tertiary/aromatic N) is 2. The number of esters is 1. The van der Waals surface area contributed by atoms with E-state index >= 15 is 0 Å². The van der Waals surface area contributed by atoms with E-state index in [0.29, 0.717) is 5.57 Å². The number of allylic oxidation sites excluding steroid dienone is 4. The van der Waals surface area contributed by atoms with Gasteiger partial charge >= 0.3 is 5.97 Å². The van der Waals surface area contributed by atoms with Crippen molar-refractivity contribution in [3.63, 3.8) is 0 Å². The van der Waals surface area contributed by atoms with Crippen LogP contribution in [0.1, 0.15) is 31.5 Å². The number of anilines is 1. The molecule has 0 saturated carbocycles. The van der Waals surface area contributed by atoms with Crippen molar-refractivity contribution in [2.75, 3.05) is 19.5 Å². The number of para-hydroxylation sites is 1. The van der Waals surface area contributed by atoms with E-state index in [0.717, 1.165) is 34.8 Å². The number of nitrogens with one attached hydrogen (secondary N) is 1. The average Bonchev–Trinajstić information content (AvgIpc) is 3.03. The van der Waals surface area contributed by atoms with Crippen molar-refractivity contribution in [3.05, 3.63) is 71.5 Å². The lowest BCUT2D eigenvalue weighted by atomic mass is 10.0.